The van der Waals surface area contributed by atoms with Crippen LogP contribution in [0.2, 0.25) is 0 Å². The van der Waals surface area contributed by atoms with Crippen molar-refractivity contribution >= 4 is 23.9 Å². The molecule has 1 heterocycles. The highest BCUT2D eigenvalue weighted by Crippen LogP contribution is 2.27. The molecule has 0 bridgehead atoms. The molecule has 0 spiro atoms. The molecule has 0 aliphatic carbocycles. The Morgan fingerprint density at radius 1 is 1.22 bits per heavy atom. The number of carbonyl (C=O) groups excluding carboxylic acids is 3. The molecule has 1 aromatic carbocycles. The van der Waals surface area contributed by atoms with Gasteiger partial charge in [0.25, 0.3) is 5.91 Å². The van der Waals surface area contributed by atoms with Gasteiger partial charge in [0.2, 0.25) is 5.88 Å². The van der Waals surface area contributed by atoms with Gasteiger partial charge in [-0.15, -0.1) is 0 Å². The number of esters is 1. The lowest BCUT2D eigenvalue weighted by atomic mass is 10.1. The molecular weight excluding hydrogens is 356 g/mol. The number of furan rings is 1. The minimum absolute atomic E-state index is 0.0477. The summed E-state index contributed by atoms with van der Waals surface area (Å²) in [6.07, 6.45) is -0.852. The third-order valence-electron chi connectivity index (χ3n) is 3.39. The topological polar surface area (TPSA) is 128 Å². The number of benzene rings is 1. The molecule has 2 aromatic rings. The Morgan fingerprint density at radius 3 is 2.44 bits per heavy atom. The van der Waals surface area contributed by atoms with Crippen molar-refractivity contribution in [1.29, 1.82) is 5.26 Å². The molecule has 1 N–H and O–H groups in total. The van der Waals surface area contributed by atoms with E-state index in [9.17, 15) is 19.6 Å². The normalized spacial score (nSPS) is 9.85. The number of amides is 1. The minimum Gasteiger partial charge on any atom is -0.465 e. The van der Waals surface area contributed by atoms with E-state index in [0.29, 0.717) is 0 Å². The van der Waals surface area contributed by atoms with Gasteiger partial charge in [0, 0.05) is 5.56 Å². The Hall–Kier alpha value is -3.80. The van der Waals surface area contributed by atoms with E-state index >= 15 is 0 Å². The van der Waals surface area contributed by atoms with Gasteiger partial charge >= 0.3 is 12.1 Å². The van der Waals surface area contributed by atoms with Crippen LogP contribution in [0.15, 0.2) is 28.7 Å². The summed E-state index contributed by atoms with van der Waals surface area (Å²) in [6.45, 7) is 3.30. The first kappa shape index (κ1) is 19.5. The standard InChI is InChI=1S/C18H16N2O7/c1-4-25-18(23)27-12-7-5-11(6-8-12)15(21)20-16-13(9-19)14(10(2)26-16)17(22)24-3/h5-8H,4H2,1-3H3,(H,20,21). The van der Waals surface area contributed by atoms with Gasteiger partial charge in [-0.25, -0.2) is 9.59 Å². The van der Waals surface area contributed by atoms with E-state index in [0.717, 1.165) is 0 Å². The lowest BCUT2D eigenvalue weighted by Crippen LogP contribution is -2.13. The van der Waals surface area contributed by atoms with Gasteiger partial charge in [-0.1, -0.05) is 0 Å². The first-order valence-corrected chi connectivity index (χ1v) is 7.79. The van der Waals surface area contributed by atoms with E-state index in [1.165, 1.54) is 38.3 Å². The van der Waals surface area contributed by atoms with Gasteiger partial charge in [-0.3, -0.25) is 10.1 Å². The number of ether oxygens (including phenoxy) is 3. The molecule has 0 atom stereocenters. The van der Waals surface area contributed by atoms with Gasteiger partial charge in [0.05, 0.1) is 13.7 Å². The number of nitriles is 1. The molecular formula is C18H16N2O7. The van der Waals surface area contributed by atoms with Crippen molar-refractivity contribution < 1.29 is 33.0 Å². The SMILES string of the molecule is CCOC(=O)Oc1ccc(C(=O)Nc2oc(C)c(C(=O)OC)c2C#N)cc1. The van der Waals surface area contributed by atoms with Crippen LogP contribution in [0.25, 0.3) is 0 Å². The molecule has 0 aliphatic rings. The fourth-order valence-corrected chi connectivity index (χ4v) is 2.18. The lowest BCUT2D eigenvalue weighted by molar-refractivity contribution is 0.0598. The monoisotopic (exact) mass is 372 g/mol. The Kier molecular flexibility index (Phi) is 6.17. The van der Waals surface area contributed by atoms with E-state index in [-0.39, 0.29) is 40.7 Å². The second-order valence-electron chi connectivity index (χ2n) is 5.10. The van der Waals surface area contributed by atoms with Crippen molar-refractivity contribution in [2.24, 2.45) is 0 Å². The molecule has 9 heteroatoms. The molecule has 0 unspecified atom stereocenters. The second kappa shape index (κ2) is 8.53. The number of aryl methyl sites for hydroxylation is 1. The molecule has 9 nitrogen and oxygen atoms in total. The Balaban J connectivity index is 2.17. The first-order chi connectivity index (χ1) is 12.9. The van der Waals surface area contributed by atoms with Crippen LogP contribution < -0.4 is 10.1 Å². The van der Waals surface area contributed by atoms with Crippen molar-refractivity contribution in [3.05, 3.63) is 46.7 Å². The van der Waals surface area contributed by atoms with Gasteiger partial charge in [0.1, 0.15) is 28.7 Å². The molecule has 0 saturated carbocycles. The Labute approximate surface area is 154 Å². The number of nitrogens with zero attached hydrogens (tertiary/aromatic N) is 1. The zero-order valence-corrected chi connectivity index (χ0v) is 14.8. The van der Waals surface area contributed by atoms with E-state index in [1.807, 2.05) is 6.07 Å². The molecule has 27 heavy (non-hydrogen) atoms. The Morgan fingerprint density at radius 2 is 1.89 bits per heavy atom. The van der Waals surface area contributed by atoms with E-state index in [4.69, 9.17) is 9.15 Å². The maximum absolute atomic E-state index is 12.3. The molecule has 140 valence electrons. The maximum Gasteiger partial charge on any atom is 0.513 e. The summed E-state index contributed by atoms with van der Waals surface area (Å²) >= 11 is 0. The second-order valence-corrected chi connectivity index (χ2v) is 5.10. The van der Waals surface area contributed by atoms with Crippen molar-refractivity contribution in [2.75, 3.05) is 19.0 Å². The van der Waals surface area contributed by atoms with Crippen LogP contribution in [0.3, 0.4) is 0 Å². The molecule has 0 saturated heterocycles. The van der Waals surface area contributed by atoms with E-state index in [2.05, 4.69) is 14.8 Å². The predicted molar refractivity (Wildman–Crippen MR) is 91.5 cm³/mol. The first-order valence-electron chi connectivity index (χ1n) is 7.79. The van der Waals surface area contributed by atoms with Crippen molar-refractivity contribution in [2.45, 2.75) is 13.8 Å². The highest BCUT2D eigenvalue weighted by Gasteiger charge is 2.25. The largest absolute Gasteiger partial charge is 0.513 e. The minimum atomic E-state index is -0.852. The van der Waals surface area contributed by atoms with Crippen LogP contribution >= 0.6 is 0 Å². The average molecular weight is 372 g/mol. The van der Waals surface area contributed by atoms with Crippen LogP contribution in [0, 0.1) is 18.3 Å². The predicted octanol–water partition coefficient (Wildman–Crippen LogP) is 3.03. The van der Waals surface area contributed by atoms with E-state index in [1.54, 1.807) is 6.92 Å². The number of nitrogens with one attached hydrogen (secondary N) is 1. The van der Waals surface area contributed by atoms with Crippen molar-refractivity contribution in [1.82, 2.24) is 0 Å². The molecule has 0 fully saturated rings. The highest BCUT2D eigenvalue weighted by molar-refractivity contribution is 6.05. The summed E-state index contributed by atoms with van der Waals surface area (Å²) < 4.78 is 19.5. The molecule has 0 aliphatic heterocycles. The molecule has 1 aromatic heterocycles. The quantitative estimate of drug-likeness (QED) is 0.626. The molecule has 0 radical (unpaired) electrons. The van der Waals surface area contributed by atoms with Crippen LogP contribution in [-0.4, -0.2) is 31.7 Å². The van der Waals surface area contributed by atoms with Gasteiger partial charge in [-0.2, -0.15) is 5.26 Å². The third-order valence-corrected chi connectivity index (χ3v) is 3.39. The van der Waals surface area contributed by atoms with Gasteiger partial charge < -0.3 is 18.6 Å². The summed E-state index contributed by atoms with van der Waals surface area (Å²) in [5.41, 5.74) is 0.0345. The molecule has 1 amide bonds. The number of rotatable bonds is 5. The van der Waals surface area contributed by atoms with Crippen molar-refractivity contribution in [3.8, 4) is 11.8 Å². The third kappa shape index (κ3) is 4.43. The van der Waals surface area contributed by atoms with Crippen LogP contribution in [0.1, 0.15) is 39.0 Å². The fourth-order valence-electron chi connectivity index (χ4n) is 2.18. The number of methoxy groups -OCH3 is 1. The summed E-state index contributed by atoms with van der Waals surface area (Å²) in [6, 6.07) is 7.45. The zero-order valence-electron chi connectivity index (χ0n) is 14.8. The maximum atomic E-state index is 12.3. The lowest BCUT2D eigenvalue weighted by Gasteiger charge is -2.06. The van der Waals surface area contributed by atoms with Gasteiger partial charge in [0.15, 0.2) is 0 Å². The van der Waals surface area contributed by atoms with Crippen LogP contribution in [0.4, 0.5) is 10.7 Å². The fraction of sp³-hybridized carbons (Fsp3) is 0.222. The number of anilines is 1. The van der Waals surface area contributed by atoms with Crippen molar-refractivity contribution in [3.63, 3.8) is 0 Å². The number of hydrogen-bond donors (Lipinski definition) is 1. The van der Waals surface area contributed by atoms with Crippen LogP contribution in [-0.2, 0) is 9.47 Å². The van der Waals surface area contributed by atoms with E-state index < -0.39 is 18.0 Å². The number of hydrogen-bond acceptors (Lipinski definition) is 8. The van der Waals surface area contributed by atoms with Crippen LogP contribution in [0.5, 0.6) is 5.75 Å². The zero-order chi connectivity index (χ0) is 20.0. The summed E-state index contributed by atoms with van der Waals surface area (Å²) in [5, 5.41) is 11.7. The van der Waals surface area contributed by atoms with Gasteiger partial charge in [-0.05, 0) is 38.1 Å². The summed E-state index contributed by atoms with van der Waals surface area (Å²) in [7, 11) is 1.17. The summed E-state index contributed by atoms with van der Waals surface area (Å²) in [4.78, 5) is 35.4. The smallest absolute Gasteiger partial charge is 0.465 e. The summed E-state index contributed by atoms with van der Waals surface area (Å²) in [5.74, 6) is -1.14. The number of carbonyl (C=O) groups is 3. The Bertz CT molecular complexity index is 907. The average Bonchev–Trinajstić information content (AvgIpc) is 2.96. The highest BCUT2D eigenvalue weighted by atomic mass is 16.7. The molecule has 2 rings (SSSR count).